The molecule has 1 saturated carbocycles. The van der Waals surface area contributed by atoms with Gasteiger partial charge in [-0.2, -0.15) is 26.3 Å². The molecule has 1 atom stereocenters. The molecule has 0 heterocycles. The van der Waals surface area contributed by atoms with Crippen LogP contribution in [0.4, 0.5) is 31.1 Å². The summed E-state index contributed by atoms with van der Waals surface area (Å²) < 4.78 is 81.7. The number of alkyl halides is 6. The van der Waals surface area contributed by atoms with Crippen LogP contribution >= 0.6 is 0 Å². The number of hydrogen-bond acceptors (Lipinski definition) is 3. The molecule has 1 fully saturated rings. The molecule has 0 saturated heterocycles. The lowest BCUT2D eigenvalue weighted by atomic mass is 9.85. The first-order chi connectivity index (χ1) is 10.1. The second kappa shape index (κ2) is 7.23. The van der Waals surface area contributed by atoms with Gasteiger partial charge in [0.2, 0.25) is 0 Å². The van der Waals surface area contributed by atoms with Crippen LogP contribution in [0.3, 0.4) is 0 Å². The molecule has 0 bridgehead atoms. The van der Waals surface area contributed by atoms with Crippen molar-refractivity contribution in [2.45, 2.75) is 56.7 Å². The van der Waals surface area contributed by atoms with Gasteiger partial charge in [0.05, 0.1) is 0 Å². The Morgan fingerprint density at radius 2 is 1.50 bits per heavy atom. The van der Waals surface area contributed by atoms with Gasteiger partial charge in [0.15, 0.2) is 0 Å². The predicted molar refractivity (Wildman–Crippen MR) is 64.0 cm³/mol. The van der Waals surface area contributed by atoms with Gasteiger partial charge in [-0.25, -0.2) is 4.79 Å². The Bertz CT molecular complexity index is 370. The highest BCUT2D eigenvalue weighted by atomic mass is 19.4. The molecule has 22 heavy (non-hydrogen) atoms. The summed E-state index contributed by atoms with van der Waals surface area (Å²) in [5.74, 6) is -0.172. The van der Waals surface area contributed by atoms with E-state index in [1.54, 1.807) is 0 Å². The molecule has 0 aromatic rings. The second-order valence-corrected chi connectivity index (χ2v) is 5.05. The first kappa shape index (κ1) is 18.6. The molecule has 9 heteroatoms. The fraction of sp³-hybridized carbons (Fsp3) is 0.769. The Balaban J connectivity index is 2.67. The molecule has 0 aromatic heterocycles. The van der Waals surface area contributed by atoms with Gasteiger partial charge >= 0.3 is 18.5 Å². The normalized spacial score (nSPS) is 18.9. The van der Waals surface area contributed by atoms with E-state index in [1.807, 2.05) is 0 Å². The van der Waals surface area contributed by atoms with Crippen LogP contribution in [0.1, 0.15) is 32.1 Å². The van der Waals surface area contributed by atoms with Gasteiger partial charge in [-0.05, 0) is 18.8 Å². The van der Waals surface area contributed by atoms with Gasteiger partial charge in [-0.15, -0.1) is 0 Å². The molecule has 0 aromatic carbocycles. The van der Waals surface area contributed by atoms with Crippen LogP contribution in [-0.4, -0.2) is 30.7 Å². The quantitative estimate of drug-likeness (QED) is 0.422. The fourth-order valence-electron chi connectivity index (χ4n) is 2.35. The molecular weight excluding hydrogens is 318 g/mol. The highest BCUT2D eigenvalue weighted by Crippen LogP contribution is 2.36. The number of carbonyl (C=O) groups is 1. The minimum atomic E-state index is -5.76. The van der Waals surface area contributed by atoms with E-state index < -0.39 is 30.7 Å². The Hall–Kier alpha value is -1.41. The summed E-state index contributed by atoms with van der Waals surface area (Å²) in [6.07, 6.45) is -13.5. The van der Waals surface area contributed by atoms with Crippen LogP contribution in [-0.2, 0) is 9.47 Å². The van der Waals surface area contributed by atoms with E-state index >= 15 is 0 Å². The minimum Gasteiger partial charge on any atom is -0.426 e. The molecule has 3 nitrogen and oxygen atoms in total. The van der Waals surface area contributed by atoms with Gasteiger partial charge in [-0.1, -0.05) is 31.9 Å². The zero-order valence-corrected chi connectivity index (χ0v) is 11.5. The van der Waals surface area contributed by atoms with Crippen molar-refractivity contribution in [3.05, 3.63) is 12.7 Å². The van der Waals surface area contributed by atoms with E-state index in [0.29, 0.717) is 12.8 Å². The molecule has 1 rings (SSSR count). The molecule has 0 aliphatic heterocycles. The summed E-state index contributed by atoms with van der Waals surface area (Å²) in [6.45, 7) is 3.39. The van der Waals surface area contributed by atoms with E-state index in [-0.39, 0.29) is 5.92 Å². The second-order valence-electron chi connectivity index (χ2n) is 5.05. The maximum absolute atomic E-state index is 12.3. The van der Waals surface area contributed by atoms with Gasteiger partial charge in [0.25, 0.3) is 6.10 Å². The number of hydrogen-bond donors (Lipinski definition) is 0. The molecule has 128 valence electrons. The topological polar surface area (TPSA) is 35.5 Å². The Morgan fingerprint density at radius 1 is 1.00 bits per heavy atom. The average Bonchev–Trinajstić information content (AvgIpc) is 2.40. The summed E-state index contributed by atoms with van der Waals surface area (Å²) in [5, 5.41) is 0. The minimum absolute atomic E-state index is 0.172. The monoisotopic (exact) mass is 334 g/mol. The SMILES string of the molecule is C=CC(OC(=O)OC(C(F)(F)F)C(F)(F)F)C1CCCCC1. The van der Waals surface area contributed by atoms with Crippen molar-refractivity contribution >= 4 is 6.16 Å². The van der Waals surface area contributed by atoms with E-state index in [1.165, 1.54) is 6.08 Å². The highest BCUT2D eigenvalue weighted by Gasteiger charge is 2.60. The van der Waals surface area contributed by atoms with Crippen LogP contribution in [0, 0.1) is 5.92 Å². The van der Waals surface area contributed by atoms with Gasteiger partial charge < -0.3 is 9.47 Å². The van der Waals surface area contributed by atoms with Crippen LogP contribution in [0.2, 0.25) is 0 Å². The standard InChI is InChI=1S/C13H16F6O3/c1-2-9(8-6-4-3-5-7-8)21-11(20)22-10(12(14,15)16)13(17,18)19/h2,8-10H,1,3-7H2. The lowest BCUT2D eigenvalue weighted by molar-refractivity contribution is -0.311. The van der Waals surface area contributed by atoms with E-state index in [9.17, 15) is 31.1 Å². The Labute approximate surface area is 123 Å². The average molecular weight is 334 g/mol. The fourth-order valence-corrected chi connectivity index (χ4v) is 2.35. The largest absolute Gasteiger partial charge is 0.509 e. The lowest BCUT2D eigenvalue weighted by Gasteiger charge is -2.28. The van der Waals surface area contributed by atoms with Crippen molar-refractivity contribution in [2.24, 2.45) is 5.92 Å². The van der Waals surface area contributed by atoms with Gasteiger partial charge in [-0.3, -0.25) is 0 Å². The van der Waals surface area contributed by atoms with Crippen molar-refractivity contribution in [1.29, 1.82) is 0 Å². The number of rotatable bonds is 4. The summed E-state index contributed by atoms with van der Waals surface area (Å²) in [5.41, 5.74) is 0. The van der Waals surface area contributed by atoms with Crippen molar-refractivity contribution in [2.75, 3.05) is 0 Å². The summed E-state index contributed by atoms with van der Waals surface area (Å²) in [4.78, 5) is 11.3. The van der Waals surface area contributed by atoms with E-state index in [2.05, 4.69) is 16.1 Å². The smallest absolute Gasteiger partial charge is 0.426 e. The highest BCUT2D eigenvalue weighted by molar-refractivity contribution is 5.60. The maximum Gasteiger partial charge on any atom is 0.509 e. The third kappa shape index (κ3) is 5.42. The molecule has 0 N–H and O–H groups in total. The van der Waals surface area contributed by atoms with Crippen molar-refractivity contribution < 1.29 is 40.6 Å². The van der Waals surface area contributed by atoms with E-state index in [0.717, 1.165) is 19.3 Å². The number of carbonyl (C=O) groups excluding carboxylic acids is 1. The first-order valence-electron chi connectivity index (χ1n) is 6.69. The summed E-state index contributed by atoms with van der Waals surface area (Å²) in [7, 11) is 0. The predicted octanol–water partition coefficient (Wildman–Crippen LogP) is 4.77. The molecule has 0 spiro atoms. The molecule has 0 amide bonds. The van der Waals surface area contributed by atoms with Crippen LogP contribution < -0.4 is 0 Å². The summed E-state index contributed by atoms with van der Waals surface area (Å²) in [6, 6.07) is 0. The zero-order chi connectivity index (χ0) is 17.0. The van der Waals surface area contributed by atoms with Crippen LogP contribution in [0.25, 0.3) is 0 Å². The summed E-state index contributed by atoms with van der Waals surface area (Å²) >= 11 is 0. The zero-order valence-electron chi connectivity index (χ0n) is 11.5. The molecule has 1 unspecified atom stereocenters. The molecular formula is C13H16F6O3. The maximum atomic E-state index is 12.3. The molecule has 1 aliphatic rings. The third-order valence-electron chi connectivity index (χ3n) is 3.39. The van der Waals surface area contributed by atoms with Crippen molar-refractivity contribution in [3.8, 4) is 0 Å². The van der Waals surface area contributed by atoms with Crippen molar-refractivity contribution in [3.63, 3.8) is 0 Å². The Kier molecular flexibility index (Phi) is 6.13. The van der Waals surface area contributed by atoms with Crippen LogP contribution in [0.5, 0.6) is 0 Å². The van der Waals surface area contributed by atoms with Crippen molar-refractivity contribution in [1.82, 2.24) is 0 Å². The number of halogens is 6. The lowest BCUT2D eigenvalue weighted by Crippen LogP contribution is -2.46. The Morgan fingerprint density at radius 3 is 1.91 bits per heavy atom. The van der Waals surface area contributed by atoms with Crippen LogP contribution in [0.15, 0.2) is 12.7 Å². The van der Waals surface area contributed by atoms with Gasteiger partial charge in [0, 0.05) is 0 Å². The van der Waals surface area contributed by atoms with Gasteiger partial charge in [0.1, 0.15) is 6.10 Å². The molecule has 1 aliphatic carbocycles. The number of ether oxygens (including phenoxy) is 2. The van der Waals surface area contributed by atoms with E-state index in [4.69, 9.17) is 0 Å². The first-order valence-corrected chi connectivity index (χ1v) is 6.69. The third-order valence-corrected chi connectivity index (χ3v) is 3.39. The molecule has 0 radical (unpaired) electrons.